The van der Waals surface area contributed by atoms with Gasteiger partial charge >= 0.3 is 0 Å². The monoisotopic (exact) mass is 389 g/mol. The first kappa shape index (κ1) is 18.6. The van der Waals surface area contributed by atoms with Crippen LogP contribution in [0.3, 0.4) is 0 Å². The number of carbonyl (C=O) groups is 2. The minimum absolute atomic E-state index is 0.0430. The maximum absolute atomic E-state index is 11.6. The molecular formula is C22H23N5O2. The van der Waals surface area contributed by atoms with Gasteiger partial charge in [-0.05, 0) is 18.2 Å². The number of fused-ring (bicyclic) bond motifs is 3. The lowest BCUT2D eigenvalue weighted by Gasteiger charge is -2.16. The molecule has 7 heteroatoms. The number of hydrogen-bond donors (Lipinski definition) is 5. The molecule has 2 amide bonds. The summed E-state index contributed by atoms with van der Waals surface area (Å²) in [6.45, 7) is 1.42. The maximum atomic E-state index is 11.6. The lowest BCUT2D eigenvalue weighted by Crippen LogP contribution is -2.33. The lowest BCUT2D eigenvalue weighted by molar-refractivity contribution is -0.116. The van der Waals surface area contributed by atoms with Gasteiger partial charge in [-0.1, -0.05) is 36.4 Å². The third-order valence-corrected chi connectivity index (χ3v) is 4.81. The molecule has 0 atom stereocenters. The Labute approximate surface area is 168 Å². The van der Waals surface area contributed by atoms with Crippen LogP contribution < -0.4 is 21.5 Å². The highest BCUT2D eigenvalue weighted by molar-refractivity contribution is 6.08. The van der Waals surface area contributed by atoms with E-state index in [1.54, 1.807) is 6.08 Å². The molecule has 0 fully saturated rings. The number of rotatable bonds is 3. The molecule has 0 unspecified atom stereocenters. The van der Waals surface area contributed by atoms with E-state index < -0.39 is 0 Å². The Morgan fingerprint density at radius 1 is 0.793 bits per heavy atom. The number of hydrogen-bond acceptors (Lipinski definition) is 4. The van der Waals surface area contributed by atoms with E-state index in [0.717, 1.165) is 52.9 Å². The highest BCUT2D eigenvalue weighted by atomic mass is 16.2. The van der Waals surface area contributed by atoms with Gasteiger partial charge in [-0.25, -0.2) is 0 Å². The number of hydrazine groups is 1. The molecule has 148 valence electrons. The highest BCUT2D eigenvalue weighted by Gasteiger charge is 2.21. The number of para-hydroxylation sites is 2. The molecular weight excluding hydrogens is 366 g/mol. The van der Waals surface area contributed by atoms with Gasteiger partial charge in [0.2, 0.25) is 5.91 Å². The molecule has 0 saturated heterocycles. The van der Waals surface area contributed by atoms with E-state index in [1.807, 2.05) is 54.6 Å². The third kappa shape index (κ3) is 4.40. The summed E-state index contributed by atoms with van der Waals surface area (Å²) in [5.74, 6) is 0.00214. The quantitative estimate of drug-likeness (QED) is 0.445. The standard InChI is InChI=1S/C11H13N3O.C11H10N2O/c15-11-8-10(6-7-12-11)14-13-9-4-2-1-3-5-9;14-11-10-7-3-1-2-4-8(7)13-9(10)5-6-12-11/h1-5,8,13-14H,6-7H2,(H,12,15);1-4,13H,5-6H2,(H,12,14). The van der Waals surface area contributed by atoms with Crippen molar-refractivity contribution >= 4 is 28.4 Å². The average Bonchev–Trinajstić information content (AvgIpc) is 3.13. The second-order valence-corrected chi connectivity index (χ2v) is 6.86. The molecule has 7 nitrogen and oxygen atoms in total. The SMILES string of the molecule is O=C1C=C(NNc2ccccc2)CCN1.O=C1NCCc2[nH]c3ccccc3c21. The molecule has 1 aromatic heterocycles. The van der Waals surface area contributed by atoms with Crippen molar-refractivity contribution in [3.05, 3.63) is 77.6 Å². The normalized spacial score (nSPS) is 15.2. The van der Waals surface area contributed by atoms with E-state index in [0.29, 0.717) is 6.54 Å². The largest absolute Gasteiger partial charge is 0.358 e. The van der Waals surface area contributed by atoms with Crippen LogP contribution in [0, 0.1) is 0 Å². The molecule has 0 aliphatic carbocycles. The zero-order valence-electron chi connectivity index (χ0n) is 15.9. The first-order valence-corrected chi connectivity index (χ1v) is 9.64. The Balaban J connectivity index is 0.000000141. The van der Waals surface area contributed by atoms with E-state index in [-0.39, 0.29) is 11.8 Å². The summed E-state index contributed by atoms with van der Waals surface area (Å²) in [5.41, 5.74) is 10.9. The molecule has 2 aromatic carbocycles. The van der Waals surface area contributed by atoms with Crippen molar-refractivity contribution in [2.24, 2.45) is 0 Å². The van der Waals surface area contributed by atoms with Crippen LogP contribution in [-0.2, 0) is 11.2 Å². The maximum Gasteiger partial charge on any atom is 0.253 e. The van der Waals surface area contributed by atoms with E-state index in [1.165, 1.54) is 0 Å². The van der Waals surface area contributed by atoms with Gasteiger partial charge in [-0.15, -0.1) is 0 Å². The summed E-state index contributed by atoms with van der Waals surface area (Å²) in [7, 11) is 0. The summed E-state index contributed by atoms with van der Waals surface area (Å²) < 4.78 is 0. The van der Waals surface area contributed by atoms with Crippen LogP contribution in [0.5, 0.6) is 0 Å². The Kier molecular flexibility index (Phi) is 5.47. The van der Waals surface area contributed by atoms with Crippen molar-refractivity contribution in [2.75, 3.05) is 18.5 Å². The van der Waals surface area contributed by atoms with Crippen molar-refractivity contribution in [1.29, 1.82) is 0 Å². The van der Waals surface area contributed by atoms with Gasteiger partial charge in [0.1, 0.15) is 0 Å². The van der Waals surface area contributed by atoms with Gasteiger partial charge in [0, 0.05) is 54.3 Å². The van der Waals surface area contributed by atoms with Gasteiger partial charge in [0.05, 0.1) is 11.3 Å². The van der Waals surface area contributed by atoms with Crippen molar-refractivity contribution in [1.82, 2.24) is 21.0 Å². The molecule has 3 heterocycles. The van der Waals surface area contributed by atoms with E-state index in [2.05, 4.69) is 26.5 Å². The van der Waals surface area contributed by atoms with Gasteiger partial charge in [-0.2, -0.15) is 0 Å². The summed E-state index contributed by atoms with van der Waals surface area (Å²) in [4.78, 5) is 25.9. The van der Waals surface area contributed by atoms with Crippen LogP contribution in [0.15, 0.2) is 66.4 Å². The lowest BCUT2D eigenvalue weighted by atomic mass is 10.1. The fourth-order valence-electron chi connectivity index (χ4n) is 3.41. The first-order valence-electron chi connectivity index (χ1n) is 9.64. The molecule has 0 saturated carbocycles. The number of benzene rings is 2. The van der Waals surface area contributed by atoms with Crippen LogP contribution >= 0.6 is 0 Å². The molecule has 0 bridgehead atoms. The van der Waals surface area contributed by atoms with Crippen LogP contribution in [0.4, 0.5) is 5.69 Å². The van der Waals surface area contributed by atoms with Gasteiger partial charge in [0.15, 0.2) is 0 Å². The van der Waals surface area contributed by atoms with E-state index in [9.17, 15) is 9.59 Å². The molecule has 5 N–H and O–H groups in total. The summed E-state index contributed by atoms with van der Waals surface area (Å²) in [6, 6.07) is 17.7. The number of nitrogens with one attached hydrogen (secondary N) is 5. The zero-order chi connectivity index (χ0) is 20.1. The highest BCUT2D eigenvalue weighted by Crippen LogP contribution is 2.24. The Bertz CT molecular complexity index is 1060. The fraction of sp³-hybridized carbons (Fsp3) is 0.182. The van der Waals surface area contributed by atoms with Crippen molar-refractivity contribution in [2.45, 2.75) is 12.8 Å². The number of aromatic nitrogens is 1. The molecule has 2 aliphatic rings. The summed E-state index contributed by atoms with van der Waals surface area (Å²) in [6.07, 6.45) is 3.29. The van der Waals surface area contributed by atoms with Crippen LogP contribution in [0.1, 0.15) is 22.5 Å². The second kappa shape index (κ2) is 8.52. The number of anilines is 1. The Morgan fingerprint density at radius 3 is 2.38 bits per heavy atom. The minimum Gasteiger partial charge on any atom is -0.358 e. The minimum atomic E-state index is -0.0430. The smallest absolute Gasteiger partial charge is 0.253 e. The van der Waals surface area contributed by atoms with Crippen molar-refractivity contribution in [3.63, 3.8) is 0 Å². The van der Waals surface area contributed by atoms with Crippen LogP contribution in [0.25, 0.3) is 10.9 Å². The number of H-pyrrole nitrogens is 1. The predicted molar refractivity (Wildman–Crippen MR) is 113 cm³/mol. The summed E-state index contributed by atoms with van der Waals surface area (Å²) in [5, 5.41) is 6.61. The molecule has 0 spiro atoms. The van der Waals surface area contributed by atoms with Gasteiger partial charge < -0.3 is 26.5 Å². The van der Waals surface area contributed by atoms with Gasteiger partial charge in [0.25, 0.3) is 5.91 Å². The van der Waals surface area contributed by atoms with Gasteiger partial charge in [-0.3, -0.25) is 9.59 Å². The Hall–Kier alpha value is -3.74. The molecule has 29 heavy (non-hydrogen) atoms. The molecule has 5 rings (SSSR count). The Morgan fingerprint density at radius 2 is 1.55 bits per heavy atom. The molecule has 2 aliphatic heterocycles. The van der Waals surface area contributed by atoms with Crippen LogP contribution in [-0.4, -0.2) is 29.9 Å². The second-order valence-electron chi connectivity index (χ2n) is 6.86. The number of carbonyl (C=O) groups excluding carboxylic acids is 2. The fourth-order valence-corrected chi connectivity index (χ4v) is 3.41. The first-order chi connectivity index (χ1) is 14.2. The predicted octanol–water partition coefficient (Wildman–Crippen LogP) is 2.46. The van der Waals surface area contributed by atoms with E-state index >= 15 is 0 Å². The summed E-state index contributed by atoms with van der Waals surface area (Å²) >= 11 is 0. The number of amides is 2. The zero-order valence-corrected chi connectivity index (χ0v) is 15.9. The third-order valence-electron chi connectivity index (χ3n) is 4.81. The average molecular weight is 389 g/mol. The topological polar surface area (TPSA) is 98.1 Å². The molecule has 0 radical (unpaired) electrons. The van der Waals surface area contributed by atoms with E-state index in [4.69, 9.17) is 0 Å². The van der Waals surface area contributed by atoms with Crippen molar-refractivity contribution in [3.8, 4) is 0 Å². The van der Waals surface area contributed by atoms with Crippen molar-refractivity contribution < 1.29 is 9.59 Å². The molecule has 3 aromatic rings. The van der Waals surface area contributed by atoms with Crippen LogP contribution in [0.2, 0.25) is 0 Å². The number of aromatic amines is 1.